The number of pyridine rings is 1. The van der Waals surface area contributed by atoms with Gasteiger partial charge in [0.1, 0.15) is 5.69 Å². The second-order valence-electron chi connectivity index (χ2n) is 4.40. The number of nitrogens with zero attached hydrogens (tertiary/aromatic N) is 3. The van der Waals surface area contributed by atoms with E-state index in [2.05, 4.69) is 10.1 Å². The molecule has 2 aromatic heterocycles. The summed E-state index contributed by atoms with van der Waals surface area (Å²) in [7, 11) is 0. The molecule has 0 aromatic carbocycles. The van der Waals surface area contributed by atoms with Crippen molar-refractivity contribution in [3.8, 4) is 11.6 Å². The van der Waals surface area contributed by atoms with E-state index in [9.17, 15) is 13.2 Å². The van der Waals surface area contributed by atoms with E-state index in [4.69, 9.17) is 10.5 Å². The average molecular weight is 300 g/mol. The maximum absolute atomic E-state index is 12.7. The van der Waals surface area contributed by atoms with Crippen LogP contribution in [-0.4, -0.2) is 14.8 Å². The van der Waals surface area contributed by atoms with Gasteiger partial charge in [-0.3, -0.25) is 4.68 Å². The minimum Gasteiger partial charge on any atom is -0.435 e. The Hall–Kier alpha value is -2.09. The molecule has 0 radical (unpaired) electrons. The van der Waals surface area contributed by atoms with E-state index in [1.54, 1.807) is 10.9 Å². The summed E-state index contributed by atoms with van der Waals surface area (Å²) in [6.45, 7) is 2.72. The number of aromatic nitrogens is 3. The summed E-state index contributed by atoms with van der Waals surface area (Å²) in [5, 5.41) is 4.04. The molecule has 0 amide bonds. The van der Waals surface area contributed by atoms with Crippen LogP contribution < -0.4 is 10.5 Å². The molecule has 2 rings (SSSR count). The number of alkyl halides is 3. The zero-order chi connectivity index (χ0) is 15.5. The van der Waals surface area contributed by atoms with Crippen molar-refractivity contribution in [2.75, 3.05) is 0 Å². The first-order valence-corrected chi connectivity index (χ1v) is 6.41. The highest BCUT2D eigenvalue weighted by molar-refractivity contribution is 5.32. The van der Waals surface area contributed by atoms with Crippen LogP contribution in [0.25, 0.3) is 0 Å². The van der Waals surface area contributed by atoms with Crippen LogP contribution in [0.1, 0.15) is 24.6 Å². The lowest BCUT2D eigenvalue weighted by atomic mass is 10.2. The Labute approximate surface area is 119 Å². The van der Waals surface area contributed by atoms with Gasteiger partial charge in [-0.1, -0.05) is 13.0 Å². The van der Waals surface area contributed by atoms with E-state index >= 15 is 0 Å². The molecule has 0 aliphatic heterocycles. The molecule has 8 heteroatoms. The van der Waals surface area contributed by atoms with Crippen LogP contribution >= 0.6 is 0 Å². The van der Waals surface area contributed by atoms with Crippen LogP contribution in [-0.2, 0) is 19.3 Å². The van der Waals surface area contributed by atoms with Gasteiger partial charge < -0.3 is 10.5 Å². The first kappa shape index (κ1) is 15.3. The molecule has 5 nitrogen and oxygen atoms in total. The number of hydrogen-bond donors (Lipinski definition) is 1. The van der Waals surface area contributed by atoms with Gasteiger partial charge in [-0.15, -0.1) is 0 Å². The molecular formula is C13H15F3N4O. The lowest BCUT2D eigenvalue weighted by Crippen LogP contribution is -2.10. The SMILES string of the molecule is CCCn1cc(Oc2nc(C(F)(F)F)ccc2CN)cn1. The molecule has 114 valence electrons. The maximum atomic E-state index is 12.7. The van der Waals surface area contributed by atoms with Crippen LogP contribution in [0, 0.1) is 0 Å². The highest BCUT2D eigenvalue weighted by Crippen LogP contribution is 2.31. The third kappa shape index (κ3) is 3.72. The molecule has 0 bridgehead atoms. The highest BCUT2D eigenvalue weighted by Gasteiger charge is 2.33. The van der Waals surface area contributed by atoms with Gasteiger partial charge in [0.05, 0.1) is 12.4 Å². The zero-order valence-electron chi connectivity index (χ0n) is 11.4. The average Bonchev–Trinajstić information content (AvgIpc) is 2.85. The molecule has 2 heterocycles. The molecule has 21 heavy (non-hydrogen) atoms. The lowest BCUT2D eigenvalue weighted by molar-refractivity contribution is -0.141. The Bertz CT molecular complexity index is 610. The fourth-order valence-corrected chi connectivity index (χ4v) is 1.73. The largest absolute Gasteiger partial charge is 0.435 e. The van der Waals surface area contributed by atoms with Crippen molar-refractivity contribution in [1.82, 2.24) is 14.8 Å². The van der Waals surface area contributed by atoms with E-state index in [0.717, 1.165) is 12.5 Å². The van der Waals surface area contributed by atoms with Gasteiger partial charge in [0.25, 0.3) is 0 Å². The number of rotatable bonds is 5. The van der Waals surface area contributed by atoms with Crippen LogP contribution in [0.3, 0.4) is 0 Å². The molecule has 0 aliphatic carbocycles. The minimum absolute atomic E-state index is 0.0313. The summed E-state index contributed by atoms with van der Waals surface area (Å²) in [5.74, 6) is 0.174. The molecule has 0 saturated carbocycles. The fraction of sp³-hybridized carbons (Fsp3) is 0.385. The molecule has 0 unspecified atom stereocenters. The Morgan fingerprint density at radius 1 is 1.33 bits per heavy atom. The van der Waals surface area contributed by atoms with Crippen molar-refractivity contribution in [2.45, 2.75) is 32.6 Å². The molecule has 2 N–H and O–H groups in total. The van der Waals surface area contributed by atoms with Crippen molar-refractivity contribution >= 4 is 0 Å². The maximum Gasteiger partial charge on any atom is 0.433 e. The van der Waals surface area contributed by atoms with Gasteiger partial charge >= 0.3 is 6.18 Å². The molecule has 0 aliphatic rings. The van der Waals surface area contributed by atoms with Gasteiger partial charge in [-0.05, 0) is 12.5 Å². The zero-order valence-corrected chi connectivity index (χ0v) is 11.4. The number of hydrogen-bond acceptors (Lipinski definition) is 4. The van der Waals surface area contributed by atoms with Crippen LogP contribution in [0.5, 0.6) is 11.6 Å². The predicted octanol–water partition coefficient (Wildman–Crippen LogP) is 2.96. The quantitative estimate of drug-likeness (QED) is 0.922. The van der Waals surface area contributed by atoms with Crippen molar-refractivity contribution < 1.29 is 17.9 Å². The molecular weight excluding hydrogens is 285 g/mol. The van der Waals surface area contributed by atoms with Gasteiger partial charge in [0.15, 0.2) is 5.75 Å². The van der Waals surface area contributed by atoms with E-state index in [-0.39, 0.29) is 12.4 Å². The summed E-state index contributed by atoms with van der Waals surface area (Å²) >= 11 is 0. The number of nitrogens with two attached hydrogens (primary N) is 1. The predicted molar refractivity (Wildman–Crippen MR) is 69.7 cm³/mol. The van der Waals surface area contributed by atoms with Crippen molar-refractivity contribution in [3.63, 3.8) is 0 Å². The lowest BCUT2D eigenvalue weighted by Gasteiger charge is -2.11. The summed E-state index contributed by atoms with van der Waals surface area (Å²) in [6, 6.07) is 2.15. The first-order valence-electron chi connectivity index (χ1n) is 6.41. The summed E-state index contributed by atoms with van der Waals surface area (Å²) < 4.78 is 45.1. The number of aryl methyl sites for hydroxylation is 1. The minimum atomic E-state index is -4.53. The van der Waals surface area contributed by atoms with Gasteiger partial charge in [0.2, 0.25) is 5.88 Å². The van der Waals surface area contributed by atoms with Gasteiger partial charge in [-0.25, -0.2) is 4.98 Å². The van der Waals surface area contributed by atoms with Crippen LogP contribution in [0.2, 0.25) is 0 Å². The molecule has 2 aromatic rings. The van der Waals surface area contributed by atoms with Crippen molar-refractivity contribution in [2.24, 2.45) is 5.73 Å². The summed E-state index contributed by atoms with van der Waals surface area (Å²) in [5.41, 5.74) is 4.87. The Morgan fingerprint density at radius 3 is 2.71 bits per heavy atom. The third-order valence-corrected chi connectivity index (χ3v) is 2.73. The molecule has 0 saturated heterocycles. The van der Waals surface area contributed by atoms with Gasteiger partial charge in [0, 0.05) is 18.7 Å². The van der Waals surface area contributed by atoms with E-state index in [1.807, 2.05) is 6.92 Å². The smallest absolute Gasteiger partial charge is 0.433 e. The van der Waals surface area contributed by atoms with E-state index < -0.39 is 11.9 Å². The van der Waals surface area contributed by atoms with E-state index in [0.29, 0.717) is 17.9 Å². The number of halogens is 3. The second-order valence-corrected chi connectivity index (χ2v) is 4.40. The molecule has 0 spiro atoms. The van der Waals surface area contributed by atoms with Gasteiger partial charge in [-0.2, -0.15) is 18.3 Å². The number of ether oxygens (including phenoxy) is 1. The topological polar surface area (TPSA) is 66.0 Å². The second kappa shape index (κ2) is 6.13. The third-order valence-electron chi connectivity index (χ3n) is 2.73. The summed E-state index contributed by atoms with van der Waals surface area (Å²) in [4.78, 5) is 3.50. The Balaban J connectivity index is 2.28. The van der Waals surface area contributed by atoms with E-state index in [1.165, 1.54) is 12.3 Å². The Kier molecular flexibility index (Phi) is 4.46. The summed E-state index contributed by atoms with van der Waals surface area (Å²) in [6.07, 6.45) is -0.613. The van der Waals surface area contributed by atoms with Crippen molar-refractivity contribution in [1.29, 1.82) is 0 Å². The Morgan fingerprint density at radius 2 is 2.10 bits per heavy atom. The fourth-order valence-electron chi connectivity index (χ4n) is 1.73. The van der Waals surface area contributed by atoms with Crippen LogP contribution in [0.4, 0.5) is 13.2 Å². The first-order chi connectivity index (χ1) is 9.94. The van der Waals surface area contributed by atoms with Crippen LogP contribution in [0.15, 0.2) is 24.5 Å². The monoisotopic (exact) mass is 300 g/mol. The van der Waals surface area contributed by atoms with Crippen molar-refractivity contribution in [3.05, 3.63) is 35.8 Å². The molecule has 0 atom stereocenters. The molecule has 0 fully saturated rings. The standard InChI is InChI=1S/C13H15F3N4O/c1-2-5-20-8-10(7-18-20)21-12-9(6-17)3-4-11(19-12)13(14,15)16/h3-4,7-8H,2,5-6,17H2,1H3. The highest BCUT2D eigenvalue weighted by atomic mass is 19.4. The normalized spacial score (nSPS) is 11.7.